The highest BCUT2D eigenvalue weighted by atomic mass is 16.5. The Bertz CT molecular complexity index is 1290. The van der Waals surface area contributed by atoms with Gasteiger partial charge in [-0.2, -0.15) is 0 Å². The maximum atomic E-state index is 13.2. The zero-order valence-corrected chi connectivity index (χ0v) is 18.9. The zero-order valence-electron chi connectivity index (χ0n) is 18.9. The first-order valence-corrected chi connectivity index (χ1v) is 11.2. The van der Waals surface area contributed by atoms with Gasteiger partial charge in [0.15, 0.2) is 12.4 Å². The number of fused-ring (bicyclic) bond motifs is 1. The van der Waals surface area contributed by atoms with Gasteiger partial charge < -0.3 is 15.2 Å². The summed E-state index contributed by atoms with van der Waals surface area (Å²) in [6.07, 6.45) is 0.769. The lowest BCUT2D eigenvalue weighted by molar-refractivity contribution is -0.139. The van der Waals surface area contributed by atoms with Gasteiger partial charge in [-0.1, -0.05) is 85.8 Å². The summed E-state index contributed by atoms with van der Waals surface area (Å²) in [4.78, 5) is 29.3. The molecular weight excluding hydrogens is 428 g/mol. The second kappa shape index (κ2) is 10.6. The molecule has 0 aliphatic carbocycles. The molecule has 34 heavy (non-hydrogen) atoms. The molecule has 0 aliphatic rings. The van der Waals surface area contributed by atoms with Crippen molar-refractivity contribution in [1.29, 1.82) is 0 Å². The minimum atomic E-state index is -1.10. The summed E-state index contributed by atoms with van der Waals surface area (Å²) in [5.41, 5.74) is 3.66. The van der Waals surface area contributed by atoms with Crippen LogP contribution < -0.4 is 10.1 Å². The van der Waals surface area contributed by atoms with Crippen LogP contribution in [0.25, 0.3) is 22.2 Å². The summed E-state index contributed by atoms with van der Waals surface area (Å²) in [6.45, 7) is 1.49. The van der Waals surface area contributed by atoms with Crippen LogP contribution in [0.2, 0.25) is 0 Å². The minimum absolute atomic E-state index is 0.0289. The molecule has 172 valence electrons. The van der Waals surface area contributed by atoms with Crippen LogP contribution in [0.3, 0.4) is 0 Å². The van der Waals surface area contributed by atoms with Gasteiger partial charge in [0.05, 0.1) is 18.0 Å². The summed E-state index contributed by atoms with van der Waals surface area (Å²) < 4.78 is 5.77. The van der Waals surface area contributed by atoms with Crippen LogP contribution >= 0.6 is 0 Å². The lowest BCUT2D eigenvalue weighted by atomic mass is 9.99. The Morgan fingerprint density at radius 1 is 0.941 bits per heavy atom. The summed E-state index contributed by atoms with van der Waals surface area (Å²) >= 11 is 0. The number of nitrogens with one attached hydrogen (secondary N) is 1. The molecule has 0 bridgehead atoms. The molecule has 2 N–H and O–H groups in total. The maximum Gasteiger partial charge on any atom is 0.341 e. The van der Waals surface area contributed by atoms with Gasteiger partial charge in [0.2, 0.25) is 5.91 Å². The van der Waals surface area contributed by atoms with E-state index in [-0.39, 0.29) is 18.4 Å². The van der Waals surface area contributed by atoms with Crippen LogP contribution in [0.15, 0.2) is 84.9 Å². The Morgan fingerprint density at radius 2 is 1.59 bits per heavy atom. The maximum absolute atomic E-state index is 13.2. The van der Waals surface area contributed by atoms with Gasteiger partial charge in [-0.15, -0.1) is 0 Å². The van der Waals surface area contributed by atoms with Gasteiger partial charge in [0.1, 0.15) is 5.69 Å². The molecular formula is C28H26N2O4. The van der Waals surface area contributed by atoms with E-state index in [1.807, 2.05) is 91.9 Å². The molecule has 1 heterocycles. The van der Waals surface area contributed by atoms with Crippen LogP contribution in [0, 0.1) is 0 Å². The van der Waals surface area contributed by atoms with Crippen LogP contribution in [0.1, 0.15) is 30.5 Å². The molecule has 4 rings (SSSR count). The lowest BCUT2D eigenvalue weighted by Gasteiger charge is -2.20. The van der Waals surface area contributed by atoms with Crippen molar-refractivity contribution >= 4 is 22.8 Å². The van der Waals surface area contributed by atoms with Gasteiger partial charge >= 0.3 is 5.97 Å². The van der Waals surface area contributed by atoms with Crippen molar-refractivity contribution < 1.29 is 19.4 Å². The first kappa shape index (κ1) is 23.0. The van der Waals surface area contributed by atoms with Crippen LogP contribution in [0.5, 0.6) is 5.75 Å². The number of carboxylic acids is 1. The number of ether oxygens (including phenoxy) is 1. The van der Waals surface area contributed by atoms with Gasteiger partial charge in [-0.25, -0.2) is 9.78 Å². The van der Waals surface area contributed by atoms with E-state index < -0.39 is 12.6 Å². The molecule has 1 amide bonds. The number of amides is 1. The Balaban J connectivity index is 1.77. The van der Waals surface area contributed by atoms with Gasteiger partial charge in [-0.3, -0.25) is 4.79 Å². The second-order valence-corrected chi connectivity index (χ2v) is 7.95. The Labute approximate surface area is 198 Å². The molecule has 6 heteroatoms. The molecule has 0 fully saturated rings. The van der Waals surface area contributed by atoms with E-state index in [4.69, 9.17) is 9.72 Å². The van der Waals surface area contributed by atoms with E-state index in [0.717, 1.165) is 22.9 Å². The molecule has 1 atom stereocenters. The van der Waals surface area contributed by atoms with Crippen molar-refractivity contribution in [3.05, 3.63) is 96.1 Å². The average molecular weight is 455 g/mol. The molecule has 1 aromatic heterocycles. The summed E-state index contributed by atoms with van der Waals surface area (Å²) in [5, 5.41) is 13.1. The SMILES string of the molecule is CC[C@H](NC(=O)Cc1c(OCC(=O)O)c(-c2ccccc2)nc2ccccc12)c1ccccc1. The number of para-hydroxylation sites is 1. The number of carbonyl (C=O) groups excluding carboxylic acids is 1. The van der Waals surface area contributed by atoms with Crippen molar-refractivity contribution in [2.75, 3.05) is 6.61 Å². The zero-order chi connectivity index (χ0) is 23.9. The highest BCUT2D eigenvalue weighted by molar-refractivity contribution is 5.93. The van der Waals surface area contributed by atoms with Crippen molar-refractivity contribution in [3.63, 3.8) is 0 Å². The summed E-state index contributed by atoms with van der Waals surface area (Å²) in [7, 11) is 0. The number of aromatic nitrogens is 1. The fourth-order valence-corrected chi connectivity index (χ4v) is 4.03. The minimum Gasteiger partial charge on any atom is -0.479 e. The fourth-order valence-electron chi connectivity index (χ4n) is 4.03. The van der Waals surface area contributed by atoms with E-state index in [1.54, 1.807) is 0 Å². The lowest BCUT2D eigenvalue weighted by Crippen LogP contribution is -2.29. The highest BCUT2D eigenvalue weighted by Crippen LogP contribution is 2.37. The Kier molecular flexibility index (Phi) is 7.18. The van der Waals surface area contributed by atoms with E-state index in [1.165, 1.54) is 0 Å². The number of hydrogen-bond donors (Lipinski definition) is 2. The Morgan fingerprint density at radius 3 is 2.26 bits per heavy atom. The first-order chi connectivity index (χ1) is 16.6. The van der Waals surface area contributed by atoms with Crippen LogP contribution in [-0.2, 0) is 16.0 Å². The quantitative estimate of drug-likeness (QED) is 0.364. The molecule has 0 unspecified atom stereocenters. The number of benzene rings is 3. The molecule has 0 spiro atoms. The third-order valence-electron chi connectivity index (χ3n) is 5.62. The largest absolute Gasteiger partial charge is 0.479 e. The first-order valence-electron chi connectivity index (χ1n) is 11.2. The van der Waals surface area contributed by atoms with Crippen molar-refractivity contribution in [2.24, 2.45) is 0 Å². The molecule has 6 nitrogen and oxygen atoms in total. The molecule has 0 radical (unpaired) electrons. The van der Waals surface area contributed by atoms with Gasteiger partial charge in [0.25, 0.3) is 0 Å². The Hall–Kier alpha value is -4.19. The summed E-state index contributed by atoms with van der Waals surface area (Å²) in [5.74, 6) is -0.959. The number of carbonyl (C=O) groups is 2. The van der Waals surface area contributed by atoms with Crippen LogP contribution in [-0.4, -0.2) is 28.6 Å². The fraction of sp³-hybridized carbons (Fsp3) is 0.179. The predicted octanol–water partition coefficient (Wildman–Crippen LogP) is 5.18. The number of aliphatic carboxylic acids is 1. The van der Waals surface area contributed by atoms with E-state index in [0.29, 0.717) is 22.5 Å². The van der Waals surface area contributed by atoms with Gasteiger partial charge in [0, 0.05) is 16.5 Å². The van der Waals surface area contributed by atoms with E-state index in [9.17, 15) is 14.7 Å². The molecule has 0 saturated heterocycles. The number of nitrogens with zero attached hydrogens (tertiary/aromatic N) is 1. The van der Waals surface area contributed by atoms with Crippen LogP contribution in [0.4, 0.5) is 0 Å². The van der Waals surface area contributed by atoms with Crippen molar-refractivity contribution in [2.45, 2.75) is 25.8 Å². The average Bonchev–Trinajstić information content (AvgIpc) is 2.87. The smallest absolute Gasteiger partial charge is 0.341 e. The van der Waals surface area contributed by atoms with E-state index >= 15 is 0 Å². The normalized spacial score (nSPS) is 11.7. The number of hydrogen-bond acceptors (Lipinski definition) is 4. The number of rotatable bonds is 9. The third kappa shape index (κ3) is 5.23. The highest BCUT2D eigenvalue weighted by Gasteiger charge is 2.22. The van der Waals surface area contributed by atoms with Crippen molar-refractivity contribution in [1.82, 2.24) is 10.3 Å². The monoisotopic (exact) mass is 454 g/mol. The number of pyridine rings is 1. The molecule has 0 aliphatic heterocycles. The predicted molar refractivity (Wildman–Crippen MR) is 132 cm³/mol. The third-order valence-corrected chi connectivity index (χ3v) is 5.62. The van der Waals surface area contributed by atoms with Gasteiger partial charge in [-0.05, 0) is 18.1 Å². The molecule has 3 aromatic carbocycles. The van der Waals surface area contributed by atoms with E-state index in [2.05, 4.69) is 5.32 Å². The van der Waals surface area contributed by atoms with Crippen molar-refractivity contribution in [3.8, 4) is 17.0 Å². The second-order valence-electron chi connectivity index (χ2n) is 7.95. The molecule has 4 aromatic rings. The number of carboxylic acid groups (broad SMARTS) is 1. The molecule has 0 saturated carbocycles. The standard InChI is InChI=1S/C28H26N2O4/c1-2-23(19-11-5-3-6-12-19)29-25(31)17-22-21-15-9-10-16-24(21)30-27(20-13-7-4-8-14-20)28(22)34-18-26(32)33/h3-16,23H,2,17-18H2,1H3,(H,29,31)(H,32,33)/t23-/m0/s1. The topological polar surface area (TPSA) is 88.5 Å². The summed E-state index contributed by atoms with van der Waals surface area (Å²) in [6, 6.07) is 26.6.